The normalized spacial score (nSPS) is 10.9. The van der Waals surface area contributed by atoms with E-state index in [2.05, 4.69) is 10.1 Å². The third-order valence-electron chi connectivity index (χ3n) is 4.16. The largest absolute Gasteiger partial charge is 0.497 e. The Balaban J connectivity index is 1.63. The molecule has 7 heteroatoms. The lowest BCUT2D eigenvalue weighted by molar-refractivity contribution is 0.394. The number of ether oxygens (including phenoxy) is 1. The van der Waals surface area contributed by atoms with Gasteiger partial charge in [0.25, 0.3) is 0 Å². The van der Waals surface area contributed by atoms with Crippen molar-refractivity contribution in [1.82, 2.24) is 10.1 Å². The van der Waals surface area contributed by atoms with Crippen molar-refractivity contribution >= 4 is 0 Å². The molecule has 0 unspecified atom stereocenters. The number of halogens is 1. The summed E-state index contributed by atoms with van der Waals surface area (Å²) in [7, 11) is 1.61. The molecule has 1 N–H and O–H groups in total. The van der Waals surface area contributed by atoms with E-state index in [4.69, 9.17) is 13.7 Å². The molecule has 4 rings (SSSR count). The van der Waals surface area contributed by atoms with Crippen LogP contribution in [-0.4, -0.2) is 17.3 Å². The predicted molar refractivity (Wildman–Crippen MR) is 96.0 cm³/mol. The van der Waals surface area contributed by atoms with Crippen LogP contribution in [0.1, 0.15) is 11.5 Å². The lowest BCUT2D eigenvalue weighted by Gasteiger charge is -2.01. The maximum absolute atomic E-state index is 13.2. The SMILES string of the molecule is COc1ccc(Cc2nc(-c3[nH]oc(=O)c3-c3ccc(F)cc3)co2)cc1. The molecule has 2 heterocycles. The summed E-state index contributed by atoms with van der Waals surface area (Å²) in [5.41, 5.74) is 2.07. The number of hydrogen-bond acceptors (Lipinski definition) is 5. The molecular formula is C20H15FN2O4. The topological polar surface area (TPSA) is 81.3 Å². The molecule has 0 spiro atoms. The number of oxazole rings is 1. The van der Waals surface area contributed by atoms with Gasteiger partial charge in [0, 0.05) is 6.42 Å². The van der Waals surface area contributed by atoms with Crippen LogP contribution in [0.5, 0.6) is 5.75 Å². The van der Waals surface area contributed by atoms with Gasteiger partial charge in [0.15, 0.2) is 5.89 Å². The van der Waals surface area contributed by atoms with Crippen LogP contribution in [-0.2, 0) is 6.42 Å². The fraction of sp³-hybridized carbons (Fsp3) is 0.100. The Bertz CT molecular complexity index is 1110. The highest BCUT2D eigenvalue weighted by Gasteiger charge is 2.19. The zero-order valence-corrected chi connectivity index (χ0v) is 14.4. The molecule has 0 amide bonds. The maximum Gasteiger partial charge on any atom is 0.365 e. The summed E-state index contributed by atoms with van der Waals surface area (Å²) >= 11 is 0. The average molecular weight is 366 g/mol. The standard InChI is InChI=1S/C20H15FN2O4/c1-25-15-8-2-12(3-9-15)10-17-22-16(11-26-17)19-18(20(24)27-23-19)13-4-6-14(21)7-5-13/h2-9,11,23H,10H2,1H3. The molecule has 0 saturated heterocycles. The Morgan fingerprint density at radius 1 is 1.11 bits per heavy atom. The van der Waals surface area contributed by atoms with Crippen LogP contribution in [0.2, 0.25) is 0 Å². The van der Waals surface area contributed by atoms with Crippen molar-refractivity contribution in [2.45, 2.75) is 6.42 Å². The monoisotopic (exact) mass is 366 g/mol. The van der Waals surface area contributed by atoms with E-state index in [9.17, 15) is 9.18 Å². The first-order chi connectivity index (χ1) is 13.1. The number of aromatic nitrogens is 2. The fourth-order valence-corrected chi connectivity index (χ4v) is 2.79. The first-order valence-corrected chi connectivity index (χ1v) is 8.19. The van der Waals surface area contributed by atoms with Gasteiger partial charge in [-0.2, -0.15) is 0 Å². The Labute approximate surface area is 153 Å². The van der Waals surface area contributed by atoms with E-state index in [1.54, 1.807) is 7.11 Å². The third-order valence-corrected chi connectivity index (χ3v) is 4.16. The number of hydrogen-bond donors (Lipinski definition) is 1. The fourth-order valence-electron chi connectivity index (χ4n) is 2.79. The minimum absolute atomic E-state index is 0.277. The van der Waals surface area contributed by atoms with E-state index in [1.165, 1.54) is 30.5 Å². The van der Waals surface area contributed by atoms with Crippen molar-refractivity contribution < 1.29 is 18.1 Å². The molecular weight excluding hydrogens is 351 g/mol. The molecule has 27 heavy (non-hydrogen) atoms. The van der Waals surface area contributed by atoms with Crippen LogP contribution in [0, 0.1) is 5.82 Å². The van der Waals surface area contributed by atoms with Gasteiger partial charge in [0.1, 0.15) is 29.2 Å². The van der Waals surface area contributed by atoms with Crippen LogP contribution in [0.15, 0.2) is 68.5 Å². The van der Waals surface area contributed by atoms with E-state index in [1.807, 2.05) is 24.3 Å². The van der Waals surface area contributed by atoms with E-state index in [-0.39, 0.29) is 11.4 Å². The van der Waals surface area contributed by atoms with Gasteiger partial charge in [-0.15, -0.1) is 0 Å². The average Bonchev–Trinajstić information content (AvgIpc) is 3.30. The van der Waals surface area contributed by atoms with Crippen LogP contribution in [0.4, 0.5) is 4.39 Å². The number of nitrogens with one attached hydrogen (secondary N) is 1. The molecule has 2 aromatic heterocycles. The Morgan fingerprint density at radius 2 is 1.85 bits per heavy atom. The zero-order chi connectivity index (χ0) is 18.8. The van der Waals surface area contributed by atoms with Gasteiger partial charge in [-0.3, -0.25) is 0 Å². The van der Waals surface area contributed by atoms with Gasteiger partial charge in [-0.25, -0.2) is 19.3 Å². The molecule has 6 nitrogen and oxygen atoms in total. The summed E-state index contributed by atoms with van der Waals surface area (Å²) in [6.07, 6.45) is 1.94. The Hall–Kier alpha value is -3.61. The van der Waals surface area contributed by atoms with Gasteiger partial charge in [0.05, 0.1) is 12.7 Å². The number of benzene rings is 2. The second kappa shape index (κ2) is 6.95. The summed E-state index contributed by atoms with van der Waals surface area (Å²) in [4.78, 5) is 16.5. The highest BCUT2D eigenvalue weighted by molar-refractivity contribution is 5.77. The van der Waals surface area contributed by atoms with E-state index in [0.29, 0.717) is 29.3 Å². The highest BCUT2D eigenvalue weighted by atomic mass is 19.1. The van der Waals surface area contributed by atoms with Gasteiger partial charge in [-0.05, 0) is 35.4 Å². The summed E-state index contributed by atoms with van der Waals surface area (Å²) in [6.45, 7) is 0. The number of aromatic amines is 1. The number of methoxy groups -OCH3 is 1. The van der Waals surface area contributed by atoms with Crippen molar-refractivity contribution in [2.75, 3.05) is 7.11 Å². The molecule has 4 aromatic rings. The van der Waals surface area contributed by atoms with Gasteiger partial charge in [0.2, 0.25) is 0 Å². The third kappa shape index (κ3) is 3.39. The molecule has 0 bridgehead atoms. The second-order valence-corrected chi connectivity index (χ2v) is 5.90. The summed E-state index contributed by atoms with van der Waals surface area (Å²) in [5.74, 6) is 0.873. The molecule has 0 aliphatic rings. The van der Waals surface area contributed by atoms with Crippen molar-refractivity contribution in [1.29, 1.82) is 0 Å². The lowest BCUT2D eigenvalue weighted by atomic mass is 10.1. The van der Waals surface area contributed by atoms with Crippen molar-refractivity contribution in [2.24, 2.45) is 0 Å². The molecule has 0 aliphatic carbocycles. The minimum Gasteiger partial charge on any atom is -0.497 e. The van der Waals surface area contributed by atoms with Crippen LogP contribution < -0.4 is 10.4 Å². The van der Waals surface area contributed by atoms with Crippen molar-refractivity contribution in [3.8, 4) is 28.3 Å². The number of nitrogens with zero attached hydrogens (tertiary/aromatic N) is 1. The van der Waals surface area contributed by atoms with E-state index < -0.39 is 5.63 Å². The quantitative estimate of drug-likeness (QED) is 0.577. The van der Waals surface area contributed by atoms with Crippen LogP contribution >= 0.6 is 0 Å². The molecule has 0 saturated carbocycles. The maximum atomic E-state index is 13.2. The van der Waals surface area contributed by atoms with Crippen LogP contribution in [0.3, 0.4) is 0 Å². The van der Waals surface area contributed by atoms with E-state index >= 15 is 0 Å². The molecule has 0 radical (unpaired) electrons. The molecule has 2 aromatic carbocycles. The smallest absolute Gasteiger partial charge is 0.365 e. The zero-order valence-electron chi connectivity index (χ0n) is 14.4. The number of rotatable bonds is 5. The minimum atomic E-state index is -0.559. The summed E-state index contributed by atoms with van der Waals surface area (Å²) in [6, 6.07) is 13.2. The van der Waals surface area contributed by atoms with Gasteiger partial charge in [-0.1, -0.05) is 24.3 Å². The summed E-state index contributed by atoms with van der Waals surface area (Å²) in [5, 5.41) is 2.58. The van der Waals surface area contributed by atoms with E-state index in [0.717, 1.165) is 11.3 Å². The summed E-state index contributed by atoms with van der Waals surface area (Å²) < 4.78 is 28.8. The molecule has 136 valence electrons. The van der Waals surface area contributed by atoms with Gasteiger partial charge >= 0.3 is 5.63 Å². The van der Waals surface area contributed by atoms with Crippen molar-refractivity contribution in [3.05, 3.63) is 82.5 Å². The molecule has 0 atom stereocenters. The Morgan fingerprint density at radius 3 is 2.56 bits per heavy atom. The Kier molecular flexibility index (Phi) is 4.33. The second-order valence-electron chi connectivity index (χ2n) is 5.90. The molecule has 0 aliphatic heterocycles. The van der Waals surface area contributed by atoms with Gasteiger partial charge < -0.3 is 13.7 Å². The van der Waals surface area contributed by atoms with Crippen molar-refractivity contribution in [3.63, 3.8) is 0 Å². The first kappa shape index (κ1) is 16.8. The predicted octanol–water partition coefficient (Wildman–Crippen LogP) is 4.03. The van der Waals surface area contributed by atoms with Crippen LogP contribution in [0.25, 0.3) is 22.5 Å². The number of H-pyrrole nitrogens is 1. The molecule has 0 fully saturated rings. The highest BCUT2D eigenvalue weighted by Crippen LogP contribution is 2.28. The lowest BCUT2D eigenvalue weighted by Crippen LogP contribution is -1.97. The first-order valence-electron chi connectivity index (χ1n) is 8.19.